The molecule has 0 aliphatic carbocycles. The summed E-state index contributed by atoms with van der Waals surface area (Å²) in [5.74, 6) is 0.783. The van der Waals surface area contributed by atoms with Crippen molar-refractivity contribution in [3.63, 3.8) is 0 Å². The fourth-order valence-corrected chi connectivity index (χ4v) is 6.10. The highest BCUT2D eigenvalue weighted by Crippen LogP contribution is 2.45. The molecule has 4 heterocycles. The molecule has 198 valence electrons. The van der Waals surface area contributed by atoms with Crippen molar-refractivity contribution >= 4 is 28.5 Å². The molecule has 7 nitrogen and oxygen atoms in total. The number of amides is 2. The fraction of sp³-hybridized carbons (Fsp3) is 0.182. The monoisotopic (exact) mass is 527 g/mol. The Hall–Kier alpha value is -4.91. The summed E-state index contributed by atoms with van der Waals surface area (Å²) in [6.45, 7) is 2.63. The zero-order valence-electron chi connectivity index (χ0n) is 22.0. The molecule has 3 aromatic carbocycles. The Balaban J connectivity index is 1.24. The van der Waals surface area contributed by atoms with Crippen molar-refractivity contribution in [2.24, 2.45) is 0 Å². The van der Waals surface area contributed by atoms with Gasteiger partial charge in [-0.25, -0.2) is 4.98 Å². The number of hydrogen-bond donors (Lipinski definition) is 1. The van der Waals surface area contributed by atoms with E-state index in [1.54, 1.807) is 11.1 Å². The molecule has 0 radical (unpaired) electrons. The molecule has 2 aliphatic heterocycles. The summed E-state index contributed by atoms with van der Waals surface area (Å²) in [5.41, 5.74) is 5.63. The number of fused-ring (bicyclic) bond motifs is 2. The minimum Gasteiger partial charge on any atom is -0.354 e. The lowest BCUT2D eigenvalue weighted by Crippen LogP contribution is -2.51. The molecule has 7 rings (SSSR count). The number of nitrogens with zero attached hydrogens (tertiary/aromatic N) is 4. The van der Waals surface area contributed by atoms with Gasteiger partial charge in [0.05, 0.1) is 11.7 Å². The Morgan fingerprint density at radius 2 is 1.55 bits per heavy atom. The molecule has 2 aliphatic rings. The van der Waals surface area contributed by atoms with Crippen molar-refractivity contribution < 1.29 is 9.59 Å². The molecule has 1 unspecified atom stereocenters. The molecule has 2 amide bonds. The van der Waals surface area contributed by atoms with Gasteiger partial charge in [-0.05, 0) is 35.4 Å². The van der Waals surface area contributed by atoms with Crippen LogP contribution in [0.1, 0.15) is 27.5 Å². The highest BCUT2D eigenvalue weighted by Gasteiger charge is 2.41. The van der Waals surface area contributed by atoms with Crippen LogP contribution in [0.25, 0.3) is 22.2 Å². The van der Waals surface area contributed by atoms with Crippen molar-refractivity contribution in [3.05, 3.63) is 120 Å². The molecule has 7 heteroatoms. The number of para-hydroxylation sites is 1. The van der Waals surface area contributed by atoms with Crippen molar-refractivity contribution in [2.75, 3.05) is 37.6 Å². The number of rotatable bonds is 5. The van der Waals surface area contributed by atoms with Crippen molar-refractivity contribution in [1.82, 2.24) is 19.8 Å². The van der Waals surface area contributed by atoms with Gasteiger partial charge >= 0.3 is 0 Å². The van der Waals surface area contributed by atoms with E-state index in [-0.39, 0.29) is 24.4 Å². The maximum absolute atomic E-state index is 13.9. The first-order valence-electron chi connectivity index (χ1n) is 13.7. The summed E-state index contributed by atoms with van der Waals surface area (Å²) in [5, 5.41) is 1.05. The second-order valence-corrected chi connectivity index (χ2v) is 10.3. The lowest BCUT2D eigenvalue weighted by molar-refractivity contribution is -0.132. The first-order valence-corrected chi connectivity index (χ1v) is 13.7. The van der Waals surface area contributed by atoms with E-state index in [0.29, 0.717) is 31.7 Å². The van der Waals surface area contributed by atoms with E-state index in [2.05, 4.69) is 39.1 Å². The van der Waals surface area contributed by atoms with Crippen LogP contribution in [0, 0.1) is 0 Å². The maximum Gasteiger partial charge on any atom is 0.255 e. The van der Waals surface area contributed by atoms with Gasteiger partial charge < -0.3 is 19.7 Å². The second-order valence-electron chi connectivity index (χ2n) is 10.3. The SMILES string of the molecule is O=C(CN1C(=O)c2ccccc2C1c1c(-c2ccccc2)[nH]c2ccccc12)N1CCN(c2ccccn2)CC1. The summed E-state index contributed by atoms with van der Waals surface area (Å²) in [6, 6.07) is 31.6. The number of nitrogens with one attached hydrogen (secondary N) is 1. The van der Waals surface area contributed by atoms with E-state index in [1.165, 1.54) is 0 Å². The molecule has 40 heavy (non-hydrogen) atoms. The van der Waals surface area contributed by atoms with Crippen LogP contribution in [0.3, 0.4) is 0 Å². The molecule has 0 spiro atoms. The van der Waals surface area contributed by atoms with Gasteiger partial charge in [0.2, 0.25) is 5.91 Å². The highest BCUT2D eigenvalue weighted by molar-refractivity contribution is 6.03. The third-order valence-corrected chi connectivity index (χ3v) is 8.05. The normalized spacial score (nSPS) is 16.9. The van der Waals surface area contributed by atoms with E-state index in [4.69, 9.17) is 0 Å². The van der Waals surface area contributed by atoms with Crippen LogP contribution in [0.4, 0.5) is 5.82 Å². The van der Waals surface area contributed by atoms with Gasteiger partial charge in [-0.3, -0.25) is 9.59 Å². The molecule has 1 saturated heterocycles. The number of anilines is 1. The molecule has 1 atom stereocenters. The predicted molar refractivity (Wildman–Crippen MR) is 156 cm³/mol. The van der Waals surface area contributed by atoms with Crippen LogP contribution in [-0.4, -0.2) is 64.3 Å². The Kier molecular flexibility index (Phi) is 6.04. The van der Waals surface area contributed by atoms with Crippen LogP contribution in [-0.2, 0) is 4.79 Å². The highest BCUT2D eigenvalue weighted by atomic mass is 16.2. The van der Waals surface area contributed by atoms with Crippen LogP contribution >= 0.6 is 0 Å². The standard InChI is InChI=1S/C33H29N5O2/c39-29(37-20-18-36(19-21-37)28-16-8-9-17-34-28)22-38-32(24-12-4-5-13-25(24)33(38)40)30-26-14-6-7-15-27(26)35-31(30)23-10-2-1-3-11-23/h1-17,32,35H,18-22H2. The topological polar surface area (TPSA) is 72.5 Å². The molecule has 0 saturated carbocycles. The Morgan fingerprint density at radius 1 is 0.825 bits per heavy atom. The van der Waals surface area contributed by atoms with Gasteiger partial charge in [0.25, 0.3) is 5.91 Å². The van der Waals surface area contributed by atoms with E-state index in [1.807, 2.05) is 77.7 Å². The van der Waals surface area contributed by atoms with Gasteiger partial charge in [0.15, 0.2) is 0 Å². The van der Waals surface area contributed by atoms with Crippen molar-refractivity contribution in [2.45, 2.75) is 6.04 Å². The molecule has 5 aromatic rings. The summed E-state index contributed by atoms with van der Waals surface area (Å²) >= 11 is 0. The summed E-state index contributed by atoms with van der Waals surface area (Å²) in [4.78, 5) is 41.5. The average Bonchev–Trinajstić information content (AvgIpc) is 3.53. The van der Waals surface area contributed by atoms with E-state index >= 15 is 0 Å². The largest absolute Gasteiger partial charge is 0.354 e. The molecule has 2 aromatic heterocycles. The average molecular weight is 528 g/mol. The number of aromatic nitrogens is 2. The van der Waals surface area contributed by atoms with Gasteiger partial charge in [0.1, 0.15) is 12.4 Å². The number of piperazine rings is 1. The Bertz CT molecular complexity index is 1690. The number of H-pyrrole nitrogens is 1. The van der Waals surface area contributed by atoms with Gasteiger partial charge in [0, 0.05) is 54.4 Å². The number of carbonyl (C=O) groups excluding carboxylic acids is 2. The van der Waals surface area contributed by atoms with Gasteiger partial charge in [-0.1, -0.05) is 72.8 Å². The minimum absolute atomic E-state index is 0.0233. The van der Waals surface area contributed by atoms with Crippen LogP contribution in [0.15, 0.2) is 103 Å². The molecule has 1 fully saturated rings. The Labute approximate surface area is 232 Å². The number of aromatic amines is 1. The Morgan fingerprint density at radius 3 is 2.35 bits per heavy atom. The van der Waals surface area contributed by atoms with Crippen molar-refractivity contribution in [3.8, 4) is 11.3 Å². The zero-order valence-corrected chi connectivity index (χ0v) is 22.0. The van der Waals surface area contributed by atoms with Crippen LogP contribution in [0.2, 0.25) is 0 Å². The predicted octanol–water partition coefficient (Wildman–Crippen LogP) is 5.12. The maximum atomic E-state index is 13.9. The summed E-state index contributed by atoms with van der Waals surface area (Å²) in [6.07, 6.45) is 1.79. The van der Waals surface area contributed by atoms with Crippen LogP contribution in [0.5, 0.6) is 0 Å². The number of benzene rings is 3. The minimum atomic E-state index is -0.381. The number of pyridine rings is 1. The van der Waals surface area contributed by atoms with Crippen LogP contribution < -0.4 is 4.90 Å². The molecule has 0 bridgehead atoms. The molecule has 1 N–H and O–H groups in total. The number of hydrogen-bond acceptors (Lipinski definition) is 4. The van der Waals surface area contributed by atoms with E-state index in [9.17, 15) is 9.59 Å². The smallest absolute Gasteiger partial charge is 0.255 e. The van der Waals surface area contributed by atoms with E-state index in [0.717, 1.165) is 39.1 Å². The second kappa shape index (κ2) is 10.0. The quantitative estimate of drug-likeness (QED) is 0.344. The first kappa shape index (κ1) is 24.2. The third kappa shape index (κ3) is 4.11. The lowest BCUT2D eigenvalue weighted by Gasteiger charge is -2.36. The number of carbonyl (C=O) groups is 2. The molecular weight excluding hydrogens is 498 g/mol. The fourth-order valence-electron chi connectivity index (χ4n) is 6.10. The zero-order chi connectivity index (χ0) is 27.1. The van der Waals surface area contributed by atoms with Gasteiger partial charge in [-0.2, -0.15) is 0 Å². The summed E-state index contributed by atoms with van der Waals surface area (Å²) < 4.78 is 0. The van der Waals surface area contributed by atoms with Crippen molar-refractivity contribution in [1.29, 1.82) is 0 Å². The van der Waals surface area contributed by atoms with Gasteiger partial charge in [-0.15, -0.1) is 0 Å². The first-order chi connectivity index (χ1) is 19.7. The summed E-state index contributed by atoms with van der Waals surface area (Å²) in [7, 11) is 0. The van der Waals surface area contributed by atoms with E-state index < -0.39 is 0 Å². The lowest BCUT2D eigenvalue weighted by atomic mass is 9.93. The molecular formula is C33H29N5O2. The third-order valence-electron chi connectivity index (χ3n) is 8.05.